The van der Waals surface area contributed by atoms with Crippen LogP contribution in [0.25, 0.3) is 10.9 Å². The number of nitrogens with one attached hydrogen (secondary N) is 2. The maximum absolute atomic E-state index is 12.7. The fourth-order valence-corrected chi connectivity index (χ4v) is 4.48. The molecular weight excluding hydrogens is 489 g/mol. The van der Waals surface area contributed by atoms with Crippen LogP contribution in [-0.2, 0) is 11.3 Å². The number of halogens is 1. The second-order valence-corrected chi connectivity index (χ2v) is 8.08. The average molecular weight is 521 g/mol. The van der Waals surface area contributed by atoms with Gasteiger partial charge in [0, 0.05) is 43.2 Å². The highest BCUT2D eigenvalue weighted by Crippen LogP contribution is 2.27. The predicted octanol–water partition coefficient (Wildman–Crippen LogP) is 3.70. The average Bonchev–Trinajstić information content (AvgIpc) is 3.44. The Morgan fingerprint density at radius 3 is 2.80 bits per heavy atom. The minimum Gasteiger partial charge on any atom is -0.357 e. The second-order valence-electron chi connectivity index (χ2n) is 8.08. The van der Waals surface area contributed by atoms with Crippen molar-refractivity contribution in [3.63, 3.8) is 0 Å². The molecule has 1 unspecified atom stereocenters. The minimum atomic E-state index is 0. The second kappa shape index (κ2) is 10.9. The molecule has 1 amide bonds. The van der Waals surface area contributed by atoms with E-state index in [9.17, 15) is 4.79 Å². The Morgan fingerprint density at radius 2 is 2.00 bits per heavy atom. The number of guanidine groups is 1. The van der Waals surface area contributed by atoms with Crippen LogP contribution in [0.5, 0.6) is 0 Å². The number of rotatable bonds is 5. The van der Waals surface area contributed by atoms with Gasteiger partial charge in [0.1, 0.15) is 0 Å². The molecule has 2 heterocycles. The molecule has 1 aromatic heterocycles. The Balaban J connectivity index is 0.00000256. The van der Waals surface area contributed by atoms with E-state index >= 15 is 0 Å². The summed E-state index contributed by atoms with van der Waals surface area (Å²) in [5, 5.41) is 8.01. The van der Waals surface area contributed by atoms with E-state index in [1.165, 1.54) is 12.8 Å². The molecule has 0 spiro atoms. The molecule has 2 N–H and O–H groups in total. The SMILES string of the molecule is CCNC(=NCc1cccc2cccnc12)NC1CCN(C(=O)C2CCCC2)C1.I. The summed E-state index contributed by atoms with van der Waals surface area (Å²) < 4.78 is 0. The summed E-state index contributed by atoms with van der Waals surface area (Å²) in [6, 6.07) is 10.5. The maximum Gasteiger partial charge on any atom is 0.225 e. The van der Waals surface area contributed by atoms with Crippen molar-refractivity contribution < 1.29 is 4.79 Å². The number of hydrogen-bond acceptors (Lipinski definition) is 3. The molecule has 2 aliphatic rings. The number of carbonyl (C=O) groups excluding carboxylic acids is 1. The molecule has 2 aromatic rings. The van der Waals surface area contributed by atoms with Crippen LogP contribution in [0.2, 0.25) is 0 Å². The number of benzene rings is 1. The highest BCUT2D eigenvalue weighted by Gasteiger charge is 2.32. The first kappa shape index (κ1) is 22.8. The first-order valence-electron chi connectivity index (χ1n) is 10.9. The third-order valence-electron chi connectivity index (χ3n) is 6.01. The lowest BCUT2D eigenvalue weighted by Gasteiger charge is -2.21. The lowest BCUT2D eigenvalue weighted by molar-refractivity contribution is -0.134. The van der Waals surface area contributed by atoms with Crippen LogP contribution in [0.3, 0.4) is 0 Å². The van der Waals surface area contributed by atoms with Gasteiger partial charge >= 0.3 is 0 Å². The number of nitrogens with zero attached hydrogens (tertiary/aromatic N) is 3. The van der Waals surface area contributed by atoms with Gasteiger partial charge in [-0.05, 0) is 37.8 Å². The molecule has 162 valence electrons. The number of fused-ring (bicyclic) bond motifs is 1. The number of carbonyl (C=O) groups is 1. The van der Waals surface area contributed by atoms with Crippen molar-refractivity contribution in [1.29, 1.82) is 0 Å². The number of amides is 1. The molecule has 1 saturated carbocycles. The highest BCUT2D eigenvalue weighted by atomic mass is 127. The number of aliphatic imine (C=N–C) groups is 1. The topological polar surface area (TPSA) is 69.6 Å². The summed E-state index contributed by atoms with van der Waals surface area (Å²) in [7, 11) is 0. The maximum atomic E-state index is 12.7. The van der Waals surface area contributed by atoms with Crippen LogP contribution < -0.4 is 10.6 Å². The van der Waals surface area contributed by atoms with Gasteiger partial charge in [-0.15, -0.1) is 24.0 Å². The number of likely N-dealkylation sites (tertiary alicyclic amines) is 1. The van der Waals surface area contributed by atoms with Crippen molar-refractivity contribution in [3.8, 4) is 0 Å². The molecule has 1 saturated heterocycles. The lowest BCUT2D eigenvalue weighted by Crippen LogP contribution is -2.45. The van der Waals surface area contributed by atoms with Gasteiger partial charge in [-0.2, -0.15) is 0 Å². The van der Waals surface area contributed by atoms with Crippen LogP contribution in [0.4, 0.5) is 0 Å². The fraction of sp³-hybridized carbons (Fsp3) is 0.522. The van der Waals surface area contributed by atoms with Gasteiger partial charge in [-0.25, -0.2) is 4.99 Å². The summed E-state index contributed by atoms with van der Waals surface area (Å²) in [5.74, 6) is 1.42. The van der Waals surface area contributed by atoms with Crippen LogP contribution in [-0.4, -0.2) is 47.4 Å². The van der Waals surface area contributed by atoms with Gasteiger partial charge in [0.2, 0.25) is 5.91 Å². The predicted molar refractivity (Wildman–Crippen MR) is 132 cm³/mol. The van der Waals surface area contributed by atoms with Gasteiger partial charge < -0.3 is 15.5 Å². The zero-order valence-electron chi connectivity index (χ0n) is 17.6. The van der Waals surface area contributed by atoms with E-state index in [0.29, 0.717) is 12.5 Å². The normalized spacial score (nSPS) is 19.7. The first-order chi connectivity index (χ1) is 14.2. The number of pyridine rings is 1. The zero-order chi connectivity index (χ0) is 20.1. The molecule has 1 atom stereocenters. The molecule has 0 radical (unpaired) electrons. The summed E-state index contributed by atoms with van der Waals surface area (Å²) >= 11 is 0. The summed E-state index contributed by atoms with van der Waals surface area (Å²) in [6.07, 6.45) is 7.33. The Labute approximate surface area is 195 Å². The largest absolute Gasteiger partial charge is 0.357 e. The Bertz CT molecular complexity index is 876. The standard InChI is InChI=1S/C23H31N5O.HI/c1-2-24-23(26-15-19-10-5-9-17-11-6-13-25-21(17)19)27-20-12-14-28(16-20)22(29)18-7-3-4-8-18;/h5-6,9-11,13,18,20H,2-4,7-8,12,14-16H2,1H3,(H2,24,26,27);1H. The molecule has 1 aliphatic carbocycles. The van der Waals surface area contributed by atoms with Gasteiger partial charge in [-0.1, -0.05) is 37.1 Å². The number of hydrogen-bond donors (Lipinski definition) is 2. The minimum absolute atomic E-state index is 0. The van der Waals surface area contributed by atoms with Crippen LogP contribution in [0.15, 0.2) is 41.5 Å². The van der Waals surface area contributed by atoms with E-state index in [4.69, 9.17) is 4.99 Å². The van der Waals surface area contributed by atoms with Crippen molar-refractivity contribution in [2.75, 3.05) is 19.6 Å². The Hall–Kier alpha value is -1.90. The number of para-hydroxylation sites is 1. The molecule has 30 heavy (non-hydrogen) atoms. The molecule has 2 fully saturated rings. The molecule has 1 aliphatic heterocycles. The monoisotopic (exact) mass is 521 g/mol. The van der Waals surface area contributed by atoms with E-state index in [-0.39, 0.29) is 35.9 Å². The quantitative estimate of drug-likeness (QED) is 0.358. The van der Waals surface area contributed by atoms with E-state index < -0.39 is 0 Å². The van der Waals surface area contributed by atoms with E-state index in [1.807, 2.05) is 17.2 Å². The lowest BCUT2D eigenvalue weighted by atomic mass is 10.1. The number of aromatic nitrogens is 1. The molecule has 1 aromatic carbocycles. The van der Waals surface area contributed by atoms with Crippen molar-refractivity contribution in [2.45, 2.75) is 51.6 Å². The third kappa shape index (κ3) is 5.42. The van der Waals surface area contributed by atoms with Crippen molar-refractivity contribution >= 4 is 46.7 Å². The zero-order valence-corrected chi connectivity index (χ0v) is 20.0. The smallest absolute Gasteiger partial charge is 0.225 e. The molecular formula is C23H32IN5O. The van der Waals surface area contributed by atoms with Gasteiger partial charge in [-0.3, -0.25) is 9.78 Å². The third-order valence-corrected chi connectivity index (χ3v) is 6.01. The van der Waals surface area contributed by atoms with Crippen molar-refractivity contribution in [2.24, 2.45) is 10.9 Å². The van der Waals surface area contributed by atoms with E-state index in [1.54, 1.807) is 0 Å². The highest BCUT2D eigenvalue weighted by molar-refractivity contribution is 14.0. The van der Waals surface area contributed by atoms with Crippen molar-refractivity contribution in [3.05, 3.63) is 42.1 Å². The van der Waals surface area contributed by atoms with Crippen LogP contribution >= 0.6 is 24.0 Å². The molecule has 7 heteroatoms. The molecule has 4 rings (SSSR count). The van der Waals surface area contributed by atoms with Gasteiger partial charge in [0.05, 0.1) is 12.1 Å². The molecule has 0 bridgehead atoms. The fourth-order valence-electron chi connectivity index (χ4n) is 4.48. The summed E-state index contributed by atoms with van der Waals surface area (Å²) in [5.41, 5.74) is 2.12. The van der Waals surface area contributed by atoms with Crippen LogP contribution in [0.1, 0.15) is 44.6 Å². The van der Waals surface area contributed by atoms with Gasteiger partial charge in [0.25, 0.3) is 0 Å². The summed E-state index contributed by atoms with van der Waals surface area (Å²) in [4.78, 5) is 24.0. The summed E-state index contributed by atoms with van der Waals surface area (Å²) in [6.45, 7) is 5.06. The van der Waals surface area contributed by atoms with E-state index in [2.05, 4.69) is 46.8 Å². The Kier molecular flexibility index (Phi) is 8.30. The van der Waals surface area contributed by atoms with E-state index in [0.717, 1.165) is 61.3 Å². The van der Waals surface area contributed by atoms with Crippen molar-refractivity contribution in [1.82, 2.24) is 20.5 Å². The Morgan fingerprint density at radius 1 is 1.20 bits per heavy atom. The first-order valence-corrected chi connectivity index (χ1v) is 10.9. The van der Waals surface area contributed by atoms with Crippen LogP contribution in [0, 0.1) is 5.92 Å². The molecule has 6 nitrogen and oxygen atoms in total. The van der Waals surface area contributed by atoms with Gasteiger partial charge in [0.15, 0.2) is 5.96 Å².